The van der Waals surface area contributed by atoms with E-state index in [-0.39, 0.29) is 9.79 Å². The highest BCUT2D eigenvalue weighted by Crippen LogP contribution is 2.32. The van der Waals surface area contributed by atoms with Gasteiger partial charge in [0, 0.05) is 36.5 Å². The van der Waals surface area contributed by atoms with Gasteiger partial charge in [-0.2, -0.15) is 16.8 Å². The van der Waals surface area contributed by atoms with Crippen LogP contribution in [0, 0.1) is 6.92 Å². The van der Waals surface area contributed by atoms with Gasteiger partial charge in [0.1, 0.15) is 6.54 Å². The van der Waals surface area contributed by atoms with Crippen LogP contribution in [0.25, 0.3) is 5.57 Å². The molecular formula is C38H39N2O6S2+. The molecule has 0 unspecified atom stereocenters. The fraction of sp³-hybridized carbons (Fsp3) is 0.184. The van der Waals surface area contributed by atoms with Crippen LogP contribution in [0.15, 0.2) is 137 Å². The standard InChI is InChI=1S/C38H38N2O6S2/c1-4-39(26-29-9-6-8-28(3)24-29)34-18-12-31(13-19-34)38(33-16-22-36(23-17-33)47(41,42)43)32-14-20-35(21-15-32)40(5-2)27-30-10-7-11-37(25-30)48(44,45)46/h6-25H,4-5,26-27H2,1-3H3,(H-,41,42,43,44,45,46)/p+1. The molecule has 5 rings (SSSR count). The van der Waals surface area contributed by atoms with E-state index in [1.165, 1.54) is 35.4 Å². The molecule has 48 heavy (non-hydrogen) atoms. The van der Waals surface area contributed by atoms with Crippen molar-refractivity contribution in [3.05, 3.63) is 155 Å². The molecule has 0 saturated heterocycles. The Balaban J connectivity index is 1.50. The lowest BCUT2D eigenvalue weighted by Crippen LogP contribution is -2.22. The summed E-state index contributed by atoms with van der Waals surface area (Å²) in [6.45, 7) is 8.93. The van der Waals surface area contributed by atoms with Gasteiger partial charge in [0.25, 0.3) is 20.2 Å². The SMILES string of the molecule is CCN(Cc1cccc(S(=O)(=O)O)c1)c1ccc(C(=C2C=CC(=[N+](CC)Cc3cccc(C)c3)C=C2)c2ccc(S(=O)(=O)O)cc2)cc1. The highest BCUT2D eigenvalue weighted by molar-refractivity contribution is 7.86. The molecule has 10 heteroatoms. The average Bonchev–Trinajstić information content (AvgIpc) is 3.07. The van der Waals surface area contributed by atoms with Crippen molar-refractivity contribution in [1.82, 2.24) is 0 Å². The number of benzene rings is 4. The lowest BCUT2D eigenvalue weighted by atomic mass is 9.90. The highest BCUT2D eigenvalue weighted by Gasteiger charge is 2.18. The van der Waals surface area contributed by atoms with Gasteiger partial charge >= 0.3 is 0 Å². The summed E-state index contributed by atoms with van der Waals surface area (Å²) in [5.41, 5.74) is 8.71. The predicted molar refractivity (Wildman–Crippen MR) is 191 cm³/mol. The van der Waals surface area contributed by atoms with Gasteiger partial charge < -0.3 is 4.90 Å². The molecule has 0 atom stereocenters. The van der Waals surface area contributed by atoms with Crippen LogP contribution in [0.1, 0.15) is 41.7 Å². The Bertz CT molecular complexity index is 2130. The smallest absolute Gasteiger partial charge is 0.294 e. The Morgan fingerprint density at radius 3 is 1.83 bits per heavy atom. The lowest BCUT2D eigenvalue weighted by Gasteiger charge is -2.24. The third-order valence-corrected chi connectivity index (χ3v) is 9.99. The number of rotatable bonds is 11. The van der Waals surface area contributed by atoms with E-state index in [0.29, 0.717) is 13.1 Å². The van der Waals surface area contributed by atoms with E-state index in [0.717, 1.165) is 52.3 Å². The molecule has 2 N–H and O–H groups in total. The molecule has 1 aliphatic carbocycles. The second-order valence-corrected chi connectivity index (χ2v) is 14.5. The minimum absolute atomic E-state index is 0.145. The van der Waals surface area contributed by atoms with Crippen LogP contribution in [0.3, 0.4) is 0 Å². The Kier molecular flexibility index (Phi) is 10.6. The summed E-state index contributed by atoms with van der Waals surface area (Å²) < 4.78 is 68.2. The summed E-state index contributed by atoms with van der Waals surface area (Å²) >= 11 is 0. The van der Waals surface area contributed by atoms with E-state index >= 15 is 0 Å². The van der Waals surface area contributed by atoms with Crippen molar-refractivity contribution < 1.29 is 30.5 Å². The van der Waals surface area contributed by atoms with E-state index in [9.17, 15) is 25.9 Å². The number of allylic oxidation sites excluding steroid dienone is 5. The zero-order chi connectivity index (χ0) is 34.5. The van der Waals surface area contributed by atoms with Crippen LogP contribution in [0.5, 0.6) is 0 Å². The van der Waals surface area contributed by atoms with Gasteiger partial charge in [0.05, 0.1) is 9.79 Å². The van der Waals surface area contributed by atoms with Gasteiger partial charge in [-0.1, -0.05) is 60.2 Å². The molecule has 0 heterocycles. The van der Waals surface area contributed by atoms with Crippen molar-refractivity contribution >= 4 is 37.2 Å². The number of aryl methyl sites for hydroxylation is 1. The van der Waals surface area contributed by atoms with Gasteiger partial charge in [0.15, 0.2) is 12.3 Å². The zero-order valence-electron chi connectivity index (χ0n) is 27.1. The quantitative estimate of drug-likeness (QED) is 0.128. The van der Waals surface area contributed by atoms with Crippen molar-refractivity contribution in [2.24, 2.45) is 0 Å². The van der Waals surface area contributed by atoms with Crippen LogP contribution in [0.2, 0.25) is 0 Å². The zero-order valence-corrected chi connectivity index (χ0v) is 28.7. The largest absolute Gasteiger partial charge is 0.367 e. The minimum Gasteiger partial charge on any atom is -0.367 e. The van der Waals surface area contributed by atoms with E-state index in [1.807, 2.05) is 37.3 Å². The molecule has 0 bridgehead atoms. The molecule has 248 valence electrons. The molecule has 0 amide bonds. The van der Waals surface area contributed by atoms with Gasteiger partial charge in [-0.3, -0.25) is 9.11 Å². The molecule has 0 fully saturated rings. The van der Waals surface area contributed by atoms with Gasteiger partial charge in [-0.05, 0) is 103 Å². The maximum atomic E-state index is 11.8. The van der Waals surface area contributed by atoms with Crippen LogP contribution in [-0.2, 0) is 33.3 Å². The molecule has 0 spiro atoms. The topological polar surface area (TPSA) is 115 Å². The Morgan fingerprint density at radius 2 is 1.27 bits per heavy atom. The molecule has 1 aliphatic rings. The van der Waals surface area contributed by atoms with Crippen LogP contribution in [0.4, 0.5) is 5.69 Å². The molecule has 0 aromatic heterocycles. The number of hydrogen-bond donors (Lipinski definition) is 2. The van der Waals surface area contributed by atoms with Crippen LogP contribution >= 0.6 is 0 Å². The number of hydrogen-bond acceptors (Lipinski definition) is 5. The third kappa shape index (κ3) is 8.45. The normalized spacial score (nSPS) is 13.1. The van der Waals surface area contributed by atoms with Crippen molar-refractivity contribution in [2.45, 2.75) is 43.7 Å². The lowest BCUT2D eigenvalue weighted by molar-refractivity contribution is -0.539. The number of anilines is 1. The Labute approximate surface area is 283 Å². The van der Waals surface area contributed by atoms with Gasteiger partial charge in [-0.15, -0.1) is 0 Å². The van der Waals surface area contributed by atoms with Crippen molar-refractivity contribution in [3.63, 3.8) is 0 Å². The first-order valence-electron chi connectivity index (χ1n) is 15.6. The molecule has 0 radical (unpaired) electrons. The van der Waals surface area contributed by atoms with E-state index in [4.69, 9.17) is 0 Å². The van der Waals surface area contributed by atoms with Crippen LogP contribution < -0.4 is 4.90 Å². The first-order chi connectivity index (χ1) is 22.9. The molecule has 8 nitrogen and oxygen atoms in total. The summed E-state index contributed by atoms with van der Waals surface area (Å²) in [5, 5.41) is 0. The van der Waals surface area contributed by atoms with E-state index < -0.39 is 20.2 Å². The highest BCUT2D eigenvalue weighted by atomic mass is 32.2. The predicted octanol–water partition coefficient (Wildman–Crippen LogP) is 7.12. The third-order valence-electron chi connectivity index (χ3n) is 8.27. The van der Waals surface area contributed by atoms with Gasteiger partial charge in [-0.25, -0.2) is 4.58 Å². The molecular weight excluding hydrogens is 645 g/mol. The molecule has 0 saturated carbocycles. The van der Waals surface area contributed by atoms with Crippen molar-refractivity contribution in [1.29, 1.82) is 0 Å². The maximum absolute atomic E-state index is 11.8. The fourth-order valence-electron chi connectivity index (χ4n) is 5.80. The van der Waals surface area contributed by atoms with Crippen LogP contribution in [-0.4, -0.2) is 49.3 Å². The maximum Gasteiger partial charge on any atom is 0.294 e. The first kappa shape index (κ1) is 34.7. The second-order valence-electron chi connectivity index (χ2n) is 11.6. The Hall–Kier alpha value is -4.61. The summed E-state index contributed by atoms with van der Waals surface area (Å²) in [5.74, 6) is 0. The summed E-state index contributed by atoms with van der Waals surface area (Å²) in [6, 6.07) is 28.9. The van der Waals surface area contributed by atoms with E-state index in [1.54, 1.807) is 18.2 Å². The fourth-order valence-corrected chi connectivity index (χ4v) is 6.83. The van der Waals surface area contributed by atoms with Crippen molar-refractivity contribution in [2.75, 3.05) is 18.0 Å². The summed E-state index contributed by atoms with van der Waals surface area (Å²) in [7, 11) is -8.65. The Morgan fingerprint density at radius 1 is 0.688 bits per heavy atom. The summed E-state index contributed by atoms with van der Waals surface area (Å²) in [6.07, 6.45) is 8.31. The second kappa shape index (κ2) is 14.7. The molecule has 4 aromatic rings. The number of nitrogens with zero attached hydrogens (tertiary/aromatic N) is 2. The molecule has 4 aromatic carbocycles. The monoisotopic (exact) mass is 683 g/mol. The van der Waals surface area contributed by atoms with E-state index in [2.05, 4.69) is 71.9 Å². The first-order valence-corrected chi connectivity index (χ1v) is 18.5. The van der Waals surface area contributed by atoms with Crippen molar-refractivity contribution in [3.8, 4) is 0 Å². The van der Waals surface area contributed by atoms with Gasteiger partial charge in [0.2, 0.25) is 0 Å². The summed E-state index contributed by atoms with van der Waals surface area (Å²) in [4.78, 5) is 1.77. The molecule has 0 aliphatic heterocycles. The minimum atomic E-state index is -4.34. The average molecular weight is 684 g/mol.